The van der Waals surface area contributed by atoms with Gasteiger partial charge in [-0.15, -0.1) is 0 Å². The van der Waals surface area contributed by atoms with Gasteiger partial charge in [-0.1, -0.05) is 29.8 Å². The van der Waals surface area contributed by atoms with Crippen molar-refractivity contribution in [1.82, 2.24) is 10.2 Å². The standard InChI is InChI=1S/C16H21ClN2O3/c1-22-14-8-4-5-9-19(16(14)21)11-15(20)18-10-12-6-2-3-7-13(12)17/h2-3,6-7,14H,4-5,8-11H2,1H3,(H,18,20). The summed E-state index contributed by atoms with van der Waals surface area (Å²) >= 11 is 6.05. The van der Waals surface area contributed by atoms with Gasteiger partial charge in [0, 0.05) is 25.2 Å². The molecule has 1 aromatic carbocycles. The topological polar surface area (TPSA) is 58.6 Å². The highest BCUT2D eigenvalue weighted by atomic mass is 35.5. The first-order chi connectivity index (χ1) is 10.6. The lowest BCUT2D eigenvalue weighted by atomic mass is 10.2. The predicted octanol–water partition coefficient (Wildman–Crippen LogP) is 1.98. The number of amides is 2. The first-order valence-electron chi connectivity index (χ1n) is 7.43. The van der Waals surface area contributed by atoms with Gasteiger partial charge in [0.15, 0.2) is 0 Å². The van der Waals surface area contributed by atoms with Crippen LogP contribution >= 0.6 is 11.6 Å². The highest BCUT2D eigenvalue weighted by Crippen LogP contribution is 2.15. The van der Waals surface area contributed by atoms with E-state index in [1.54, 1.807) is 11.0 Å². The normalized spacial score (nSPS) is 18.9. The van der Waals surface area contributed by atoms with E-state index >= 15 is 0 Å². The average Bonchev–Trinajstić information content (AvgIpc) is 2.69. The molecule has 1 aliphatic rings. The zero-order valence-electron chi connectivity index (χ0n) is 12.7. The highest BCUT2D eigenvalue weighted by molar-refractivity contribution is 6.31. The minimum atomic E-state index is -0.432. The third kappa shape index (κ3) is 4.45. The molecule has 1 N–H and O–H groups in total. The molecular formula is C16H21ClN2O3. The molecule has 0 bridgehead atoms. The van der Waals surface area contributed by atoms with E-state index in [-0.39, 0.29) is 18.4 Å². The molecule has 1 aliphatic heterocycles. The molecule has 0 spiro atoms. The number of hydrogen-bond donors (Lipinski definition) is 1. The Bertz CT molecular complexity index is 536. The molecule has 1 unspecified atom stereocenters. The van der Waals surface area contributed by atoms with Crippen molar-refractivity contribution in [1.29, 1.82) is 0 Å². The Labute approximate surface area is 135 Å². The van der Waals surface area contributed by atoms with Crippen LogP contribution in [0.4, 0.5) is 0 Å². The van der Waals surface area contributed by atoms with Crippen molar-refractivity contribution >= 4 is 23.4 Å². The smallest absolute Gasteiger partial charge is 0.252 e. The average molecular weight is 325 g/mol. The van der Waals surface area contributed by atoms with Gasteiger partial charge in [-0.25, -0.2) is 0 Å². The second-order valence-electron chi connectivity index (χ2n) is 5.35. The highest BCUT2D eigenvalue weighted by Gasteiger charge is 2.27. The van der Waals surface area contributed by atoms with E-state index in [1.165, 1.54) is 7.11 Å². The van der Waals surface area contributed by atoms with Gasteiger partial charge in [0.2, 0.25) is 5.91 Å². The number of hydrogen-bond acceptors (Lipinski definition) is 3. The van der Waals surface area contributed by atoms with Crippen molar-refractivity contribution in [3.05, 3.63) is 34.9 Å². The van der Waals surface area contributed by atoms with E-state index in [1.807, 2.05) is 18.2 Å². The summed E-state index contributed by atoms with van der Waals surface area (Å²) in [6.07, 6.45) is 2.11. The summed E-state index contributed by atoms with van der Waals surface area (Å²) in [6, 6.07) is 7.36. The quantitative estimate of drug-likeness (QED) is 0.901. The lowest BCUT2D eigenvalue weighted by Crippen LogP contribution is -2.44. The minimum absolute atomic E-state index is 0.0587. The molecule has 120 valence electrons. The van der Waals surface area contributed by atoms with Crippen LogP contribution in [0.2, 0.25) is 5.02 Å². The Morgan fingerprint density at radius 1 is 1.41 bits per heavy atom. The Morgan fingerprint density at radius 2 is 2.18 bits per heavy atom. The lowest BCUT2D eigenvalue weighted by Gasteiger charge is -2.23. The van der Waals surface area contributed by atoms with Crippen LogP contribution in [-0.4, -0.2) is 43.0 Å². The van der Waals surface area contributed by atoms with E-state index in [0.717, 1.165) is 18.4 Å². The number of nitrogens with one attached hydrogen (secondary N) is 1. The fraction of sp³-hybridized carbons (Fsp3) is 0.500. The number of halogens is 1. The van der Waals surface area contributed by atoms with E-state index in [9.17, 15) is 9.59 Å². The molecule has 22 heavy (non-hydrogen) atoms. The molecule has 6 heteroatoms. The summed E-state index contributed by atoms with van der Waals surface area (Å²) in [5.74, 6) is -0.294. The largest absolute Gasteiger partial charge is 0.372 e. The van der Waals surface area contributed by atoms with Crippen LogP contribution in [0.15, 0.2) is 24.3 Å². The Kier molecular flexibility index (Phi) is 6.21. The molecule has 1 aromatic rings. The third-order valence-electron chi connectivity index (χ3n) is 3.78. The number of ether oxygens (including phenoxy) is 1. The molecule has 0 aliphatic carbocycles. The van der Waals surface area contributed by atoms with Crippen molar-refractivity contribution in [3.63, 3.8) is 0 Å². The van der Waals surface area contributed by atoms with Crippen molar-refractivity contribution in [2.24, 2.45) is 0 Å². The van der Waals surface area contributed by atoms with Crippen molar-refractivity contribution in [2.45, 2.75) is 31.9 Å². The van der Waals surface area contributed by atoms with Gasteiger partial charge in [-0.05, 0) is 30.9 Å². The first-order valence-corrected chi connectivity index (χ1v) is 7.81. The number of carbonyl (C=O) groups is 2. The maximum Gasteiger partial charge on any atom is 0.252 e. The van der Waals surface area contributed by atoms with Crippen molar-refractivity contribution in [3.8, 4) is 0 Å². The van der Waals surface area contributed by atoms with Crippen LogP contribution in [0.25, 0.3) is 0 Å². The van der Waals surface area contributed by atoms with Gasteiger partial charge in [0.05, 0.1) is 6.54 Å². The lowest BCUT2D eigenvalue weighted by molar-refractivity contribution is -0.144. The number of nitrogens with zero attached hydrogens (tertiary/aromatic N) is 1. The van der Waals surface area contributed by atoms with Crippen LogP contribution in [0.3, 0.4) is 0 Å². The minimum Gasteiger partial charge on any atom is -0.372 e. The van der Waals surface area contributed by atoms with Crippen molar-refractivity contribution in [2.75, 3.05) is 20.2 Å². The predicted molar refractivity (Wildman–Crippen MR) is 84.5 cm³/mol. The van der Waals surface area contributed by atoms with Crippen molar-refractivity contribution < 1.29 is 14.3 Å². The van der Waals surface area contributed by atoms with E-state index in [4.69, 9.17) is 16.3 Å². The SMILES string of the molecule is COC1CCCCN(CC(=O)NCc2ccccc2Cl)C1=O. The second-order valence-corrected chi connectivity index (χ2v) is 5.76. The number of carbonyl (C=O) groups excluding carboxylic acids is 2. The summed E-state index contributed by atoms with van der Waals surface area (Å²) in [7, 11) is 1.53. The summed E-state index contributed by atoms with van der Waals surface area (Å²) in [6.45, 7) is 1.01. The molecule has 1 heterocycles. The summed E-state index contributed by atoms with van der Waals surface area (Å²) < 4.78 is 5.20. The van der Waals surface area contributed by atoms with Gasteiger partial charge < -0.3 is 15.0 Å². The fourth-order valence-corrected chi connectivity index (χ4v) is 2.71. The molecule has 1 fully saturated rings. The Hall–Kier alpha value is -1.59. The Balaban J connectivity index is 1.88. The maximum absolute atomic E-state index is 12.2. The van der Waals surface area contributed by atoms with Gasteiger partial charge in [-0.2, -0.15) is 0 Å². The fourth-order valence-electron chi connectivity index (χ4n) is 2.51. The van der Waals surface area contributed by atoms with Crippen LogP contribution < -0.4 is 5.32 Å². The van der Waals surface area contributed by atoms with Crippen LogP contribution in [0, 0.1) is 0 Å². The van der Waals surface area contributed by atoms with E-state index < -0.39 is 6.10 Å². The summed E-state index contributed by atoms with van der Waals surface area (Å²) in [4.78, 5) is 25.9. The number of rotatable bonds is 5. The first kappa shape index (κ1) is 16.8. The molecule has 0 saturated carbocycles. The number of benzene rings is 1. The molecule has 5 nitrogen and oxygen atoms in total. The van der Waals surface area contributed by atoms with Gasteiger partial charge in [-0.3, -0.25) is 9.59 Å². The summed E-state index contributed by atoms with van der Waals surface area (Å²) in [5, 5.41) is 3.42. The van der Waals surface area contributed by atoms with Crippen LogP contribution in [-0.2, 0) is 20.9 Å². The molecule has 1 saturated heterocycles. The zero-order chi connectivity index (χ0) is 15.9. The van der Waals surface area contributed by atoms with E-state index in [0.29, 0.717) is 24.5 Å². The molecule has 2 rings (SSSR count). The third-order valence-corrected chi connectivity index (χ3v) is 4.15. The second kappa shape index (κ2) is 8.15. The van der Waals surface area contributed by atoms with Gasteiger partial charge in [0.25, 0.3) is 5.91 Å². The zero-order valence-corrected chi connectivity index (χ0v) is 13.4. The van der Waals surface area contributed by atoms with Crippen LogP contribution in [0.5, 0.6) is 0 Å². The van der Waals surface area contributed by atoms with Gasteiger partial charge in [0.1, 0.15) is 6.10 Å². The number of methoxy groups -OCH3 is 1. The molecule has 1 atom stereocenters. The summed E-state index contributed by atoms with van der Waals surface area (Å²) in [5.41, 5.74) is 0.856. The monoisotopic (exact) mass is 324 g/mol. The van der Waals surface area contributed by atoms with Gasteiger partial charge >= 0.3 is 0 Å². The van der Waals surface area contributed by atoms with E-state index in [2.05, 4.69) is 5.32 Å². The molecule has 2 amide bonds. The maximum atomic E-state index is 12.2. The molecule has 0 aromatic heterocycles. The number of likely N-dealkylation sites (tertiary alicyclic amines) is 1. The molecule has 0 radical (unpaired) electrons. The van der Waals surface area contributed by atoms with Crippen LogP contribution in [0.1, 0.15) is 24.8 Å². The Morgan fingerprint density at radius 3 is 2.91 bits per heavy atom. The molecular weight excluding hydrogens is 304 g/mol.